The zero-order chi connectivity index (χ0) is 22.9. The molecule has 0 unspecified atom stereocenters. The summed E-state index contributed by atoms with van der Waals surface area (Å²) >= 11 is 0. The average molecular weight is 441 g/mol. The van der Waals surface area contributed by atoms with Gasteiger partial charge in [0.2, 0.25) is 5.91 Å². The highest BCUT2D eigenvalue weighted by atomic mass is 16.2. The highest BCUT2D eigenvalue weighted by Gasteiger charge is 2.64. The van der Waals surface area contributed by atoms with Gasteiger partial charge in [-0.1, -0.05) is 39.0 Å². The minimum Gasteiger partial charge on any atom is -0.342 e. The molecule has 1 aromatic rings. The minimum atomic E-state index is -0.269. The molecule has 1 N–H and O–H groups in total. The summed E-state index contributed by atoms with van der Waals surface area (Å²) in [5.74, 6) is 0.950. The number of urea groups is 1. The molecule has 6 heteroatoms. The molecule has 32 heavy (non-hydrogen) atoms. The number of hydrogen-bond acceptors (Lipinski definition) is 3. The van der Waals surface area contributed by atoms with Crippen molar-refractivity contribution in [3.05, 3.63) is 29.8 Å². The predicted octanol–water partition coefficient (Wildman–Crippen LogP) is 4.07. The molecule has 0 saturated carbocycles. The molecule has 1 aromatic carbocycles. The summed E-state index contributed by atoms with van der Waals surface area (Å²) in [6.45, 7) is 14.7. The van der Waals surface area contributed by atoms with Crippen LogP contribution >= 0.6 is 0 Å². The maximum atomic E-state index is 13.6. The number of anilines is 1. The number of amides is 3. The monoisotopic (exact) mass is 440 g/mol. The Balaban J connectivity index is 1.49. The summed E-state index contributed by atoms with van der Waals surface area (Å²) in [4.78, 5) is 33.2. The van der Waals surface area contributed by atoms with E-state index in [4.69, 9.17) is 0 Å². The molecule has 4 rings (SSSR count). The number of para-hydroxylation sites is 1. The van der Waals surface area contributed by atoms with Crippen LogP contribution in [0.4, 0.5) is 10.5 Å². The number of carbonyl (C=O) groups is 2. The third-order valence-electron chi connectivity index (χ3n) is 8.19. The lowest BCUT2D eigenvalue weighted by Crippen LogP contribution is -2.54. The molecule has 0 aromatic heterocycles. The number of nitrogens with zero attached hydrogens (tertiary/aromatic N) is 3. The number of carbonyl (C=O) groups excluding carboxylic acids is 2. The van der Waals surface area contributed by atoms with E-state index in [9.17, 15) is 9.59 Å². The van der Waals surface area contributed by atoms with Gasteiger partial charge in [-0.05, 0) is 50.2 Å². The van der Waals surface area contributed by atoms with Gasteiger partial charge in [-0.25, -0.2) is 4.79 Å². The zero-order valence-corrected chi connectivity index (χ0v) is 20.3. The largest absolute Gasteiger partial charge is 0.342 e. The van der Waals surface area contributed by atoms with Crippen molar-refractivity contribution in [1.29, 1.82) is 0 Å². The molecular formula is C26H40N4O2. The van der Waals surface area contributed by atoms with E-state index in [1.807, 2.05) is 23.1 Å². The number of piperidine rings is 1. The van der Waals surface area contributed by atoms with Crippen LogP contribution in [0.2, 0.25) is 0 Å². The molecule has 3 fully saturated rings. The maximum Gasteiger partial charge on any atom is 0.321 e. The summed E-state index contributed by atoms with van der Waals surface area (Å²) < 4.78 is 0. The summed E-state index contributed by atoms with van der Waals surface area (Å²) in [6.07, 6.45) is 3.68. The van der Waals surface area contributed by atoms with Gasteiger partial charge in [0.05, 0.1) is 5.41 Å². The van der Waals surface area contributed by atoms with Crippen LogP contribution in [-0.4, -0.2) is 72.5 Å². The predicted molar refractivity (Wildman–Crippen MR) is 129 cm³/mol. The number of hydrogen-bond donors (Lipinski definition) is 1. The second kappa shape index (κ2) is 9.05. The summed E-state index contributed by atoms with van der Waals surface area (Å²) in [7, 11) is 0. The molecule has 3 amide bonds. The van der Waals surface area contributed by atoms with Gasteiger partial charge in [0, 0.05) is 56.9 Å². The fourth-order valence-electron chi connectivity index (χ4n) is 6.53. The lowest BCUT2D eigenvalue weighted by Gasteiger charge is -2.47. The van der Waals surface area contributed by atoms with Crippen LogP contribution in [0.25, 0.3) is 0 Å². The van der Waals surface area contributed by atoms with Crippen molar-refractivity contribution in [2.45, 2.75) is 53.4 Å². The third kappa shape index (κ3) is 3.91. The Morgan fingerprint density at radius 3 is 2.41 bits per heavy atom. The molecule has 176 valence electrons. The van der Waals surface area contributed by atoms with E-state index in [0.29, 0.717) is 11.8 Å². The number of aryl methyl sites for hydroxylation is 1. The SMILES string of the molecule is CCc1ccccc1NC(=O)N1CCC2(CC1)CN(CC(C)C)C[C@@]21CCN(CC)C1=O. The molecule has 0 radical (unpaired) electrons. The lowest BCUT2D eigenvalue weighted by atomic mass is 9.60. The van der Waals surface area contributed by atoms with Gasteiger partial charge in [-0.15, -0.1) is 0 Å². The second-order valence-electron chi connectivity index (χ2n) is 10.5. The molecule has 3 heterocycles. The van der Waals surface area contributed by atoms with Crippen LogP contribution in [0, 0.1) is 16.7 Å². The minimum absolute atomic E-state index is 0.0129. The lowest BCUT2D eigenvalue weighted by molar-refractivity contribution is -0.141. The van der Waals surface area contributed by atoms with E-state index in [1.54, 1.807) is 0 Å². The molecule has 2 spiro atoms. The smallest absolute Gasteiger partial charge is 0.321 e. The highest BCUT2D eigenvalue weighted by Crippen LogP contribution is 2.57. The van der Waals surface area contributed by atoms with Crippen molar-refractivity contribution >= 4 is 17.6 Å². The number of nitrogens with one attached hydrogen (secondary N) is 1. The quantitative estimate of drug-likeness (QED) is 0.751. The van der Waals surface area contributed by atoms with E-state index in [1.165, 1.54) is 0 Å². The van der Waals surface area contributed by atoms with Crippen LogP contribution in [-0.2, 0) is 11.2 Å². The number of fused-ring (bicyclic) bond motifs is 1. The molecule has 6 nitrogen and oxygen atoms in total. The van der Waals surface area contributed by atoms with E-state index in [2.05, 4.69) is 48.9 Å². The summed E-state index contributed by atoms with van der Waals surface area (Å²) in [6, 6.07) is 8.02. The normalized spacial score (nSPS) is 25.5. The van der Waals surface area contributed by atoms with Crippen molar-refractivity contribution < 1.29 is 9.59 Å². The summed E-state index contributed by atoms with van der Waals surface area (Å²) in [5, 5.41) is 3.13. The van der Waals surface area contributed by atoms with Crippen LogP contribution in [0.5, 0.6) is 0 Å². The first-order chi connectivity index (χ1) is 15.3. The van der Waals surface area contributed by atoms with Gasteiger partial charge in [-0.3, -0.25) is 4.79 Å². The van der Waals surface area contributed by atoms with Crippen LogP contribution < -0.4 is 5.32 Å². The van der Waals surface area contributed by atoms with Crippen LogP contribution in [0.15, 0.2) is 24.3 Å². The molecule has 3 aliphatic rings. The standard InChI is InChI=1S/C26H40N4O2/c1-5-21-9-7-8-10-22(21)27-24(32)30-14-11-25(12-15-30)18-28(17-20(3)4)19-26(25)13-16-29(6-2)23(26)31/h7-10,20H,5-6,11-19H2,1-4H3,(H,27,32)/t26-/m1/s1. The fourth-order valence-corrected chi connectivity index (χ4v) is 6.53. The Kier molecular flexibility index (Phi) is 6.53. The Labute approximate surface area is 193 Å². The van der Waals surface area contributed by atoms with Crippen molar-refractivity contribution in [2.75, 3.05) is 51.1 Å². The molecule has 0 aliphatic carbocycles. The van der Waals surface area contributed by atoms with Crippen LogP contribution in [0.1, 0.15) is 52.5 Å². The first-order valence-corrected chi connectivity index (χ1v) is 12.5. The number of likely N-dealkylation sites (tertiary alicyclic amines) is 3. The molecule has 0 bridgehead atoms. The van der Waals surface area contributed by atoms with Crippen molar-refractivity contribution in [2.24, 2.45) is 16.7 Å². The Bertz CT molecular complexity index is 846. The van der Waals surface area contributed by atoms with Crippen molar-refractivity contribution in [1.82, 2.24) is 14.7 Å². The van der Waals surface area contributed by atoms with Gasteiger partial charge >= 0.3 is 6.03 Å². The van der Waals surface area contributed by atoms with Crippen LogP contribution in [0.3, 0.4) is 0 Å². The Hall–Kier alpha value is -2.08. The van der Waals surface area contributed by atoms with E-state index in [-0.39, 0.29) is 16.9 Å². The van der Waals surface area contributed by atoms with Gasteiger partial charge in [0.25, 0.3) is 0 Å². The Morgan fingerprint density at radius 2 is 1.78 bits per heavy atom. The topological polar surface area (TPSA) is 55.9 Å². The van der Waals surface area contributed by atoms with E-state index in [0.717, 1.165) is 82.7 Å². The van der Waals surface area contributed by atoms with E-state index >= 15 is 0 Å². The Morgan fingerprint density at radius 1 is 1.06 bits per heavy atom. The molecule has 1 atom stereocenters. The van der Waals surface area contributed by atoms with E-state index < -0.39 is 0 Å². The average Bonchev–Trinajstić information content (AvgIpc) is 3.25. The first kappa shape index (κ1) is 23.1. The number of rotatable bonds is 5. The van der Waals surface area contributed by atoms with Gasteiger partial charge in [0.15, 0.2) is 0 Å². The van der Waals surface area contributed by atoms with Gasteiger partial charge in [-0.2, -0.15) is 0 Å². The zero-order valence-electron chi connectivity index (χ0n) is 20.3. The van der Waals surface area contributed by atoms with Gasteiger partial charge in [0.1, 0.15) is 0 Å². The first-order valence-electron chi connectivity index (χ1n) is 12.5. The third-order valence-corrected chi connectivity index (χ3v) is 8.19. The molecular weight excluding hydrogens is 400 g/mol. The summed E-state index contributed by atoms with van der Waals surface area (Å²) in [5.41, 5.74) is 1.78. The molecule has 3 aliphatic heterocycles. The highest BCUT2D eigenvalue weighted by molar-refractivity contribution is 5.90. The molecule has 3 saturated heterocycles. The second-order valence-corrected chi connectivity index (χ2v) is 10.5. The maximum absolute atomic E-state index is 13.6. The fraction of sp³-hybridized carbons (Fsp3) is 0.692. The van der Waals surface area contributed by atoms with Crippen molar-refractivity contribution in [3.8, 4) is 0 Å². The van der Waals surface area contributed by atoms with Gasteiger partial charge < -0.3 is 20.0 Å². The van der Waals surface area contributed by atoms with Crippen molar-refractivity contribution in [3.63, 3.8) is 0 Å². The number of benzene rings is 1.